The fraction of sp³-hybridized carbons (Fsp3) is 0.100. The van der Waals surface area contributed by atoms with Crippen molar-refractivity contribution in [3.63, 3.8) is 0 Å². The Morgan fingerprint density at radius 2 is 1.57 bits per heavy atom. The topological polar surface area (TPSA) is 163 Å². The third-order valence-electron chi connectivity index (χ3n) is 4.29. The highest BCUT2D eigenvalue weighted by molar-refractivity contribution is 6.25. The van der Waals surface area contributed by atoms with Crippen LogP contribution in [0.1, 0.15) is 11.1 Å². The molecular weight excluding hydrogens is 400 g/mol. The van der Waals surface area contributed by atoms with Gasteiger partial charge in [-0.25, -0.2) is 9.59 Å². The predicted octanol–water partition coefficient (Wildman–Crippen LogP) is 1.93. The lowest BCUT2D eigenvalue weighted by molar-refractivity contribution is -0.134. The van der Waals surface area contributed by atoms with Gasteiger partial charge in [-0.15, -0.1) is 0 Å². The molecule has 0 radical (unpaired) electrons. The van der Waals surface area contributed by atoms with Crippen LogP contribution in [0.2, 0.25) is 0 Å². The maximum absolute atomic E-state index is 12.4. The van der Waals surface area contributed by atoms with E-state index in [-0.39, 0.29) is 28.2 Å². The summed E-state index contributed by atoms with van der Waals surface area (Å²) in [5.74, 6) is -5.89. The molecule has 1 heterocycles. The molecule has 2 aromatic carbocycles. The molecule has 0 aromatic heterocycles. The molecule has 10 heteroatoms. The molecule has 30 heavy (non-hydrogen) atoms. The van der Waals surface area contributed by atoms with Crippen LogP contribution in [0.15, 0.2) is 41.9 Å². The summed E-state index contributed by atoms with van der Waals surface area (Å²) in [6, 6.07) is 5.67. The number of aliphatic hydroxyl groups is 1. The van der Waals surface area contributed by atoms with Gasteiger partial charge in [-0.2, -0.15) is 0 Å². The number of carbonyl (C=O) groups is 2. The number of ether oxygens (including phenoxy) is 3. The van der Waals surface area contributed by atoms with Gasteiger partial charge >= 0.3 is 11.9 Å². The van der Waals surface area contributed by atoms with E-state index in [1.54, 1.807) is 0 Å². The molecule has 0 saturated carbocycles. The summed E-state index contributed by atoms with van der Waals surface area (Å²) < 4.78 is 14.7. The highest BCUT2D eigenvalue weighted by atomic mass is 16.6. The summed E-state index contributed by atoms with van der Waals surface area (Å²) in [6.07, 6.45) is 0. The molecule has 1 aliphatic rings. The Hall–Kier alpha value is -4.34. The van der Waals surface area contributed by atoms with E-state index in [0.717, 1.165) is 19.2 Å². The zero-order valence-electron chi connectivity index (χ0n) is 15.7. The van der Waals surface area contributed by atoms with Crippen LogP contribution in [0.5, 0.6) is 28.7 Å². The molecular formula is C20H16O10. The van der Waals surface area contributed by atoms with E-state index in [2.05, 4.69) is 4.74 Å². The van der Waals surface area contributed by atoms with Crippen molar-refractivity contribution >= 4 is 23.1 Å². The molecule has 5 N–H and O–H groups in total. The van der Waals surface area contributed by atoms with E-state index in [9.17, 15) is 35.1 Å². The number of phenols is 4. The molecule has 156 valence electrons. The summed E-state index contributed by atoms with van der Waals surface area (Å²) >= 11 is 0. The molecule has 0 aliphatic carbocycles. The Bertz CT molecular complexity index is 1100. The Balaban J connectivity index is 2.26. The van der Waals surface area contributed by atoms with Gasteiger partial charge in [-0.05, 0) is 29.8 Å². The van der Waals surface area contributed by atoms with Crippen LogP contribution in [-0.4, -0.2) is 51.7 Å². The van der Waals surface area contributed by atoms with Gasteiger partial charge < -0.3 is 39.7 Å². The standard InChI is InChI=1S/C20H16O10/c1-28-13-7-8(3-4-10(13)21)14-17(25)18(30-20(14)27)15(19(26)29-2)9-5-11(22)16(24)12(23)6-9/h3-7,21-25H,1-2H3. The van der Waals surface area contributed by atoms with Crippen LogP contribution in [0.4, 0.5) is 0 Å². The number of hydrogen-bond donors (Lipinski definition) is 5. The summed E-state index contributed by atoms with van der Waals surface area (Å²) in [5, 5.41) is 49.4. The van der Waals surface area contributed by atoms with Crippen LogP contribution in [0, 0.1) is 0 Å². The Morgan fingerprint density at radius 1 is 0.933 bits per heavy atom. The maximum atomic E-state index is 12.4. The van der Waals surface area contributed by atoms with E-state index >= 15 is 0 Å². The molecule has 0 spiro atoms. The van der Waals surface area contributed by atoms with Crippen LogP contribution in [-0.2, 0) is 19.1 Å². The molecule has 3 rings (SSSR count). The van der Waals surface area contributed by atoms with Gasteiger partial charge in [0, 0.05) is 5.56 Å². The van der Waals surface area contributed by atoms with Crippen molar-refractivity contribution in [3.8, 4) is 28.7 Å². The number of phenolic OH excluding ortho intramolecular Hbond substituents is 4. The van der Waals surface area contributed by atoms with Crippen LogP contribution in [0.25, 0.3) is 11.1 Å². The molecule has 10 nitrogen and oxygen atoms in total. The van der Waals surface area contributed by atoms with Gasteiger partial charge in [-0.1, -0.05) is 6.07 Å². The van der Waals surface area contributed by atoms with Crippen molar-refractivity contribution in [2.24, 2.45) is 0 Å². The van der Waals surface area contributed by atoms with Crippen LogP contribution in [0.3, 0.4) is 0 Å². The zero-order valence-corrected chi connectivity index (χ0v) is 15.7. The number of aliphatic hydroxyl groups excluding tert-OH is 1. The first-order valence-corrected chi connectivity index (χ1v) is 8.30. The second kappa shape index (κ2) is 7.59. The van der Waals surface area contributed by atoms with E-state index < -0.39 is 46.3 Å². The second-order valence-corrected chi connectivity index (χ2v) is 6.06. The number of carbonyl (C=O) groups excluding carboxylic acids is 2. The summed E-state index contributed by atoms with van der Waals surface area (Å²) in [5.41, 5.74) is -0.886. The van der Waals surface area contributed by atoms with Crippen molar-refractivity contribution in [1.29, 1.82) is 0 Å². The normalized spacial score (nSPS) is 15.1. The summed E-state index contributed by atoms with van der Waals surface area (Å²) in [4.78, 5) is 24.8. The fourth-order valence-corrected chi connectivity index (χ4v) is 2.85. The van der Waals surface area contributed by atoms with Crippen LogP contribution >= 0.6 is 0 Å². The number of cyclic esters (lactones) is 1. The molecule has 0 amide bonds. The lowest BCUT2D eigenvalue weighted by Crippen LogP contribution is -2.09. The lowest BCUT2D eigenvalue weighted by Gasteiger charge is -2.11. The molecule has 0 fully saturated rings. The predicted molar refractivity (Wildman–Crippen MR) is 101 cm³/mol. The minimum absolute atomic E-state index is 0.0274. The number of aromatic hydroxyl groups is 4. The SMILES string of the molecule is COC(=O)C(=C1OC(=O)C(c2ccc(O)c(OC)c2)=C1O)c1cc(O)c(O)c(O)c1. The largest absolute Gasteiger partial charge is 0.504 e. The first kappa shape index (κ1) is 20.4. The van der Waals surface area contributed by atoms with Crippen molar-refractivity contribution in [2.75, 3.05) is 14.2 Å². The van der Waals surface area contributed by atoms with Gasteiger partial charge in [0.1, 0.15) is 11.1 Å². The molecule has 0 bridgehead atoms. The summed E-state index contributed by atoms with van der Waals surface area (Å²) in [6.45, 7) is 0. The first-order valence-electron chi connectivity index (χ1n) is 8.30. The van der Waals surface area contributed by atoms with Crippen molar-refractivity contribution in [1.82, 2.24) is 0 Å². The highest BCUT2D eigenvalue weighted by Crippen LogP contribution is 2.42. The second-order valence-electron chi connectivity index (χ2n) is 6.06. The number of rotatable bonds is 4. The van der Waals surface area contributed by atoms with Gasteiger partial charge in [0.25, 0.3) is 0 Å². The maximum Gasteiger partial charge on any atom is 0.348 e. The minimum Gasteiger partial charge on any atom is -0.504 e. The number of hydrogen-bond acceptors (Lipinski definition) is 10. The van der Waals surface area contributed by atoms with E-state index in [4.69, 9.17) is 9.47 Å². The Kier molecular flexibility index (Phi) is 5.16. The smallest absolute Gasteiger partial charge is 0.348 e. The number of benzene rings is 2. The van der Waals surface area contributed by atoms with E-state index in [0.29, 0.717) is 0 Å². The summed E-state index contributed by atoms with van der Waals surface area (Å²) in [7, 11) is 2.33. The van der Waals surface area contributed by atoms with Gasteiger partial charge in [0.05, 0.1) is 14.2 Å². The average molecular weight is 416 g/mol. The minimum atomic E-state index is -1.06. The Morgan fingerprint density at radius 3 is 2.13 bits per heavy atom. The quantitative estimate of drug-likeness (QED) is 0.283. The molecule has 1 aliphatic heterocycles. The third kappa shape index (κ3) is 3.30. The van der Waals surface area contributed by atoms with Gasteiger partial charge in [-0.3, -0.25) is 0 Å². The molecule has 2 aromatic rings. The third-order valence-corrected chi connectivity index (χ3v) is 4.29. The molecule has 0 unspecified atom stereocenters. The number of methoxy groups -OCH3 is 2. The fourth-order valence-electron chi connectivity index (χ4n) is 2.85. The van der Waals surface area contributed by atoms with E-state index in [1.165, 1.54) is 25.3 Å². The van der Waals surface area contributed by atoms with Crippen molar-refractivity contribution in [2.45, 2.75) is 0 Å². The van der Waals surface area contributed by atoms with E-state index in [1.807, 2.05) is 0 Å². The highest BCUT2D eigenvalue weighted by Gasteiger charge is 2.37. The zero-order chi connectivity index (χ0) is 22.2. The first-order chi connectivity index (χ1) is 14.2. The lowest BCUT2D eigenvalue weighted by atomic mass is 10.00. The van der Waals surface area contributed by atoms with Gasteiger partial charge in [0.15, 0.2) is 40.3 Å². The monoisotopic (exact) mass is 416 g/mol. The molecule has 0 atom stereocenters. The van der Waals surface area contributed by atoms with Gasteiger partial charge in [0.2, 0.25) is 0 Å². The average Bonchev–Trinajstić information content (AvgIpc) is 3.00. The van der Waals surface area contributed by atoms with Crippen LogP contribution < -0.4 is 4.74 Å². The Labute approximate surface area is 169 Å². The van der Waals surface area contributed by atoms with Crippen molar-refractivity contribution in [3.05, 3.63) is 53.0 Å². The number of esters is 2. The molecule has 0 saturated heterocycles. The van der Waals surface area contributed by atoms with Crippen molar-refractivity contribution < 1.29 is 49.3 Å².